The molecule has 0 saturated carbocycles. The molecule has 6 rings (SSSR count). The molecular formula is C35H21N5Si. The third-order valence-electron chi connectivity index (χ3n) is 7.43. The molecule has 0 aliphatic carbocycles. The molecule has 6 aromatic rings. The summed E-state index contributed by atoms with van der Waals surface area (Å²) < 4.78 is 0. The molecule has 0 fully saturated rings. The maximum atomic E-state index is 9.50. The molecule has 5 nitrogen and oxygen atoms in total. The minimum Gasteiger partial charge on any atom is -0.253 e. The van der Waals surface area contributed by atoms with Crippen molar-refractivity contribution < 1.29 is 0 Å². The van der Waals surface area contributed by atoms with Crippen LogP contribution in [0.3, 0.4) is 0 Å². The van der Waals surface area contributed by atoms with Gasteiger partial charge < -0.3 is 0 Å². The van der Waals surface area contributed by atoms with Gasteiger partial charge in [0.2, 0.25) is 0 Å². The molecule has 1 heterocycles. The molecule has 6 heteroatoms. The molecule has 0 aliphatic rings. The lowest BCUT2D eigenvalue weighted by Gasteiger charge is -2.34. The molecule has 0 atom stereocenters. The van der Waals surface area contributed by atoms with E-state index in [0.717, 1.165) is 42.9 Å². The predicted molar refractivity (Wildman–Crippen MR) is 166 cm³/mol. The number of nitriles is 1. The summed E-state index contributed by atoms with van der Waals surface area (Å²) in [5.41, 5.74) is 5.57. The highest BCUT2D eigenvalue weighted by Crippen LogP contribution is 2.23. The van der Waals surface area contributed by atoms with Crippen molar-refractivity contribution in [3.05, 3.63) is 156 Å². The molecule has 0 bridgehead atoms. The lowest BCUT2D eigenvalue weighted by Crippen LogP contribution is -2.74. The van der Waals surface area contributed by atoms with Gasteiger partial charge in [-0.3, -0.25) is 9.97 Å². The van der Waals surface area contributed by atoms with E-state index in [1.54, 1.807) is 12.4 Å². The van der Waals surface area contributed by atoms with Crippen molar-refractivity contribution in [2.75, 3.05) is 0 Å². The first kappa shape index (κ1) is 25.4. The molecular weight excluding hydrogens is 519 g/mol. The maximum absolute atomic E-state index is 9.50. The average molecular weight is 540 g/mol. The Morgan fingerprint density at radius 1 is 0.537 bits per heavy atom. The van der Waals surface area contributed by atoms with Crippen molar-refractivity contribution in [3.63, 3.8) is 0 Å². The molecule has 0 unspecified atom stereocenters. The van der Waals surface area contributed by atoms with Gasteiger partial charge >= 0.3 is 0 Å². The van der Waals surface area contributed by atoms with Gasteiger partial charge in [-0.25, -0.2) is 9.69 Å². The molecule has 190 valence electrons. The van der Waals surface area contributed by atoms with Crippen LogP contribution in [0.1, 0.15) is 5.56 Å². The molecule has 0 amide bonds. The molecule has 0 spiro atoms. The van der Waals surface area contributed by atoms with E-state index in [2.05, 4.69) is 86.4 Å². The van der Waals surface area contributed by atoms with Crippen LogP contribution in [0.4, 0.5) is 11.4 Å². The summed E-state index contributed by atoms with van der Waals surface area (Å²) in [5, 5.41) is 14.0. The summed E-state index contributed by atoms with van der Waals surface area (Å²) in [6.07, 6.45) is 3.39. The lowest BCUT2D eigenvalue weighted by molar-refractivity contribution is 1.29. The van der Waals surface area contributed by atoms with Gasteiger partial charge in [-0.15, -0.1) is 0 Å². The number of nitrogens with zero attached hydrogens (tertiary/aromatic N) is 5. The third-order valence-corrected chi connectivity index (χ3v) is 12.2. The lowest BCUT2D eigenvalue weighted by atomic mass is 10.1. The zero-order valence-corrected chi connectivity index (χ0v) is 22.9. The van der Waals surface area contributed by atoms with Gasteiger partial charge in [-0.1, -0.05) is 91.0 Å². The van der Waals surface area contributed by atoms with Gasteiger partial charge in [0.1, 0.15) is 0 Å². The molecule has 0 saturated heterocycles. The molecule has 0 N–H and O–H groups in total. The van der Waals surface area contributed by atoms with Crippen LogP contribution < -0.4 is 20.7 Å². The van der Waals surface area contributed by atoms with Crippen LogP contribution in [0.25, 0.3) is 31.9 Å². The van der Waals surface area contributed by atoms with E-state index in [1.165, 1.54) is 0 Å². The van der Waals surface area contributed by atoms with Crippen LogP contribution in [0.2, 0.25) is 0 Å². The number of benzene rings is 5. The summed E-state index contributed by atoms with van der Waals surface area (Å²) >= 11 is 0. The number of hydrogen-bond donors (Lipinski definition) is 0. The smallest absolute Gasteiger partial charge is 0.187 e. The Morgan fingerprint density at radius 2 is 0.976 bits per heavy atom. The summed E-state index contributed by atoms with van der Waals surface area (Å²) in [6, 6.07) is 40.5. The molecule has 0 aliphatic heterocycles. The number of fused-ring (bicyclic) bond motifs is 1. The van der Waals surface area contributed by atoms with E-state index in [4.69, 9.17) is 13.1 Å². The fourth-order valence-corrected chi connectivity index (χ4v) is 10.1. The van der Waals surface area contributed by atoms with E-state index >= 15 is 0 Å². The molecule has 5 aromatic carbocycles. The largest absolute Gasteiger partial charge is 0.253 e. The Hall–Kier alpha value is -5.87. The van der Waals surface area contributed by atoms with E-state index in [-0.39, 0.29) is 0 Å². The minimum absolute atomic E-state index is 0.578. The zero-order valence-electron chi connectivity index (χ0n) is 21.9. The average Bonchev–Trinajstić information content (AvgIpc) is 3.06. The first-order valence-corrected chi connectivity index (χ1v) is 14.9. The van der Waals surface area contributed by atoms with Gasteiger partial charge in [0.15, 0.2) is 19.4 Å². The number of rotatable bonds is 5. The first-order valence-electron chi connectivity index (χ1n) is 12.9. The highest BCUT2D eigenvalue weighted by atomic mass is 28.3. The SMILES string of the molecule is [C-]#[N+]c1ccc([Si](c2ccc(C#N)cc2)(c2ccc([N+]#[C-])cc2)c2ccc(-c3ccc4nccnc4c3)cc2)cc1. The zero-order chi connectivity index (χ0) is 28.2. The fraction of sp³-hybridized carbons (Fsp3) is 0. The van der Waals surface area contributed by atoms with Gasteiger partial charge in [0, 0.05) is 12.4 Å². The van der Waals surface area contributed by atoms with E-state index < -0.39 is 8.07 Å². The van der Waals surface area contributed by atoms with Gasteiger partial charge in [0.25, 0.3) is 0 Å². The van der Waals surface area contributed by atoms with Crippen LogP contribution in [0.5, 0.6) is 0 Å². The summed E-state index contributed by atoms with van der Waals surface area (Å²) in [5.74, 6) is 0. The van der Waals surface area contributed by atoms with Crippen molar-refractivity contribution in [3.8, 4) is 17.2 Å². The Labute approximate surface area is 239 Å². The van der Waals surface area contributed by atoms with Crippen LogP contribution in [-0.2, 0) is 0 Å². The first-order chi connectivity index (χ1) is 20.1. The maximum Gasteiger partial charge on any atom is 0.187 e. The Bertz CT molecular complexity index is 1850. The normalized spacial score (nSPS) is 10.9. The van der Waals surface area contributed by atoms with Crippen molar-refractivity contribution in [1.82, 2.24) is 9.97 Å². The van der Waals surface area contributed by atoms with E-state index in [1.807, 2.05) is 54.6 Å². The van der Waals surface area contributed by atoms with E-state index in [0.29, 0.717) is 16.9 Å². The van der Waals surface area contributed by atoms with Gasteiger partial charge in [-0.2, -0.15) is 5.26 Å². The number of hydrogen-bond acceptors (Lipinski definition) is 3. The van der Waals surface area contributed by atoms with Crippen molar-refractivity contribution >= 4 is 51.2 Å². The molecule has 0 radical (unpaired) electrons. The van der Waals surface area contributed by atoms with Crippen LogP contribution >= 0.6 is 0 Å². The Morgan fingerprint density at radius 3 is 1.46 bits per heavy atom. The molecule has 1 aromatic heterocycles. The van der Waals surface area contributed by atoms with Crippen molar-refractivity contribution in [2.24, 2.45) is 0 Å². The summed E-state index contributed by atoms with van der Waals surface area (Å²) in [6.45, 7) is 15.0. The fourth-order valence-electron chi connectivity index (χ4n) is 5.42. The van der Waals surface area contributed by atoms with Crippen LogP contribution in [0.15, 0.2) is 128 Å². The quantitative estimate of drug-likeness (QED) is 0.162. The second-order valence-corrected chi connectivity index (χ2v) is 13.4. The van der Waals surface area contributed by atoms with Gasteiger partial charge in [-0.05, 0) is 56.1 Å². The highest BCUT2D eigenvalue weighted by Gasteiger charge is 2.41. The topological polar surface area (TPSA) is 58.3 Å². The standard InChI is InChI=1S/C35H21N5Si/c1-37-28-8-16-32(17-9-28)41(30-12-3-25(24-36)4-13-30,33-18-10-29(38-2)11-19-33)31-14-5-26(6-15-31)27-7-20-34-35(23-27)40-22-21-39-34/h3-23H. The van der Waals surface area contributed by atoms with Gasteiger partial charge in [0.05, 0.1) is 35.8 Å². The second kappa shape index (κ2) is 10.7. The Kier molecular flexibility index (Phi) is 6.64. The van der Waals surface area contributed by atoms with Crippen molar-refractivity contribution in [1.29, 1.82) is 5.26 Å². The number of aromatic nitrogens is 2. The summed E-state index contributed by atoms with van der Waals surface area (Å²) in [4.78, 5) is 16.1. The molecule has 41 heavy (non-hydrogen) atoms. The van der Waals surface area contributed by atoms with Crippen LogP contribution in [0, 0.1) is 24.5 Å². The van der Waals surface area contributed by atoms with Crippen molar-refractivity contribution in [2.45, 2.75) is 0 Å². The van der Waals surface area contributed by atoms with Crippen LogP contribution in [-0.4, -0.2) is 18.0 Å². The highest BCUT2D eigenvalue weighted by molar-refractivity contribution is 7.19. The van der Waals surface area contributed by atoms with E-state index in [9.17, 15) is 5.26 Å². The Balaban J connectivity index is 1.59. The third kappa shape index (κ3) is 4.54. The predicted octanol–water partition coefficient (Wildman–Crippen LogP) is 5.65. The second-order valence-electron chi connectivity index (χ2n) is 9.59. The summed E-state index contributed by atoms with van der Waals surface area (Å²) in [7, 11) is -2.91. The minimum atomic E-state index is -2.91. The monoisotopic (exact) mass is 539 g/mol.